The highest BCUT2D eigenvalue weighted by molar-refractivity contribution is 7.99. The molecule has 2 aromatic carbocycles. The first-order valence-corrected chi connectivity index (χ1v) is 8.74. The van der Waals surface area contributed by atoms with Crippen LogP contribution < -0.4 is 10.1 Å². The molecule has 0 saturated carbocycles. The van der Waals surface area contributed by atoms with E-state index in [2.05, 4.69) is 15.5 Å². The summed E-state index contributed by atoms with van der Waals surface area (Å²) >= 11 is 7.03. The molecule has 3 aromatic rings. The van der Waals surface area contributed by atoms with Gasteiger partial charge in [-0.1, -0.05) is 47.6 Å². The molecule has 0 saturated heterocycles. The van der Waals surface area contributed by atoms with Crippen molar-refractivity contribution in [3.8, 4) is 5.75 Å². The summed E-state index contributed by atoms with van der Waals surface area (Å²) in [6, 6.07) is 16.3. The third kappa shape index (κ3) is 5.51. The molecule has 0 unspecified atom stereocenters. The summed E-state index contributed by atoms with van der Waals surface area (Å²) in [4.78, 5) is 11.9. The second-order valence-electron chi connectivity index (χ2n) is 4.91. The summed E-state index contributed by atoms with van der Waals surface area (Å²) in [5.41, 5.74) is 0.639. The summed E-state index contributed by atoms with van der Waals surface area (Å²) in [5, 5.41) is 11.4. The number of ether oxygens (including phenoxy) is 1. The van der Waals surface area contributed by atoms with E-state index in [0.29, 0.717) is 21.8 Å². The van der Waals surface area contributed by atoms with E-state index in [1.165, 1.54) is 0 Å². The van der Waals surface area contributed by atoms with E-state index in [0.717, 1.165) is 17.5 Å². The number of carbonyl (C=O) groups is 1. The number of thioether (sulfide) groups is 1. The molecule has 1 amide bonds. The number of hydrogen-bond donors (Lipinski definition) is 1. The summed E-state index contributed by atoms with van der Waals surface area (Å²) in [6.45, 7) is 0.173. The van der Waals surface area contributed by atoms with Crippen LogP contribution >= 0.6 is 23.4 Å². The van der Waals surface area contributed by atoms with E-state index < -0.39 is 0 Å². The van der Waals surface area contributed by atoms with Gasteiger partial charge in [-0.15, -0.1) is 10.2 Å². The Labute approximate surface area is 153 Å². The van der Waals surface area contributed by atoms with Crippen LogP contribution in [0.2, 0.25) is 5.02 Å². The van der Waals surface area contributed by atoms with Gasteiger partial charge in [-0.2, -0.15) is 0 Å². The lowest BCUT2D eigenvalue weighted by atomic mass is 10.3. The van der Waals surface area contributed by atoms with Crippen molar-refractivity contribution in [2.75, 3.05) is 11.1 Å². The Morgan fingerprint density at radius 3 is 2.80 bits per heavy atom. The van der Waals surface area contributed by atoms with Crippen LogP contribution in [0.25, 0.3) is 0 Å². The molecular weight excluding hydrogens is 362 g/mol. The van der Waals surface area contributed by atoms with E-state index in [9.17, 15) is 4.79 Å². The molecule has 1 N–H and O–H groups in total. The lowest BCUT2D eigenvalue weighted by Gasteiger charge is -2.04. The lowest BCUT2D eigenvalue weighted by molar-refractivity contribution is -0.113. The van der Waals surface area contributed by atoms with Crippen molar-refractivity contribution in [3.63, 3.8) is 0 Å². The third-order valence-corrected chi connectivity index (χ3v) is 4.04. The fourth-order valence-corrected chi connectivity index (χ4v) is 2.68. The molecule has 0 fully saturated rings. The maximum Gasteiger partial charge on any atom is 0.277 e. The number of rotatable bonds is 7. The largest absolute Gasteiger partial charge is 0.484 e. The van der Waals surface area contributed by atoms with Gasteiger partial charge in [0.15, 0.2) is 6.61 Å². The zero-order chi connectivity index (χ0) is 17.5. The molecule has 0 aliphatic carbocycles. The molecule has 0 bridgehead atoms. The zero-order valence-electron chi connectivity index (χ0n) is 13.0. The third-order valence-electron chi connectivity index (χ3n) is 2.99. The van der Waals surface area contributed by atoms with Gasteiger partial charge in [-0.05, 0) is 30.3 Å². The second kappa shape index (κ2) is 8.55. The number of benzene rings is 2. The predicted molar refractivity (Wildman–Crippen MR) is 95.9 cm³/mol. The van der Waals surface area contributed by atoms with E-state index in [-0.39, 0.29) is 18.3 Å². The van der Waals surface area contributed by atoms with Gasteiger partial charge in [0.25, 0.3) is 11.1 Å². The molecule has 6 nitrogen and oxygen atoms in total. The number of hydrogen-bond acceptors (Lipinski definition) is 6. The summed E-state index contributed by atoms with van der Waals surface area (Å²) < 4.78 is 11.0. The Balaban J connectivity index is 1.45. The van der Waals surface area contributed by atoms with Crippen LogP contribution in [-0.4, -0.2) is 21.9 Å². The van der Waals surface area contributed by atoms with Crippen LogP contribution in [0.15, 0.2) is 64.2 Å². The van der Waals surface area contributed by atoms with Crippen molar-refractivity contribution in [1.82, 2.24) is 10.2 Å². The van der Waals surface area contributed by atoms with Crippen LogP contribution in [0.4, 0.5) is 5.69 Å². The number of anilines is 1. The minimum Gasteiger partial charge on any atom is -0.484 e. The molecule has 8 heteroatoms. The van der Waals surface area contributed by atoms with Gasteiger partial charge >= 0.3 is 0 Å². The number of para-hydroxylation sites is 1. The highest BCUT2D eigenvalue weighted by atomic mass is 35.5. The minimum absolute atomic E-state index is 0.147. The molecule has 25 heavy (non-hydrogen) atoms. The van der Waals surface area contributed by atoms with Crippen LogP contribution in [0.1, 0.15) is 5.89 Å². The normalized spacial score (nSPS) is 10.4. The molecule has 0 aliphatic heterocycles. The van der Waals surface area contributed by atoms with Crippen molar-refractivity contribution in [1.29, 1.82) is 0 Å². The number of halogens is 1. The topological polar surface area (TPSA) is 77.2 Å². The average molecular weight is 376 g/mol. The van der Waals surface area contributed by atoms with Crippen LogP contribution in [0.5, 0.6) is 5.75 Å². The van der Waals surface area contributed by atoms with Crippen LogP contribution in [0, 0.1) is 0 Å². The fraction of sp³-hybridized carbons (Fsp3) is 0.118. The molecular formula is C17H14ClN3O3S. The van der Waals surface area contributed by atoms with Crippen molar-refractivity contribution in [2.45, 2.75) is 11.8 Å². The number of amides is 1. The van der Waals surface area contributed by atoms with Crippen molar-refractivity contribution < 1.29 is 13.9 Å². The van der Waals surface area contributed by atoms with Crippen LogP contribution in [-0.2, 0) is 11.4 Å². The highest BCUT2D eigenvalue weighted by Gasteiger charge is 2.10. The van der Waals surface area contributed by atoms with E-state index in [4.69, 9.17) is 20.8 Å². The van der Waals surface area contributed by atoms with Crippen LogP contribution in [0.3, 0.4) is 0 Å². The summed E-state index contributed by atoms with van der Waals surface area (Å²) in [5.74, 6) is 1.03. The van der Waals surface area contributed by atoms with E-state index in [1.54, 1.807) is 24.3 Å². The Bertz CT molecular complexity index is 842. The van der Waals surface area contributed by atoms with E-state index >= 15 is 0 Å². The molecule has 0 radical (unpaired) electrons. The van der Waals surface area contributed by atoms with Gasteiger partial charge in [0.05, 0.1) is 5.75 Å². The Morgan fingerprint density at radius 2 is 2.00 bits per heavy atom. The Morgan fingerprint density at radius 1 is 1.16 bits per heavy atom. The molecule has 128 valence electrons. The number of nitrogens with one attached hydrogen (secondary N) is 1. The molecule has 1 heterocycles. The summed E-state index contributed by atoms with van der Waals surface area (Å²) in [6.07, 6.45) is 0. The summed E-state index contributed by atoms with van der Waals surface area (Å²) in [7, 11) is 0. The molecule has 0 atom stereocenters. The smallest absolute Gasteiger partial charge is 0.277 e. The fourth-order valence-electron chi connectivity index (χ4n) is 1.91. The van der Waals surface area contributed by atoms with Gasteiger partial charge < -0.3 is 14.5 Å². The molecule has 0 aliphatic rings. The minimum atomic E-state index is -0.187. The number of aromatic nitrogens is 2. The van der Waals surface area contributed by atoms with E-state index in [1.807, 2.05) is 30.3 Å². The van der Waals surface area contributed by atoms with Crippen molar-refractivity contribution in [3.05, 3.63) is 65.5 Å². The molecule has 3 rings (SSSR count). The van der Waals surface area contributed by atoms with Gasteiger partial charge in [-0.25, -0.2) is 0 Å². The first-order valence-electron chi connectivity index (χ1n) is 7.37. The standard InChI is InChI=1S/C17H14ClN3O3S/c18-12-5-4-6-13(9-12)19-15(22)11-25-17-21-20-16(24-17)10-23-14-7-2-1-3-8-14/h1-9H,10-11H2,(H,19,22). The monoisotopic (exact) mass is 375 g/mol. The molecule has 0 spiro atoms. The van der Waals surface area contributed by atoms with Gasteiger partial charge in [0, 0.05) is 10.7 Å². The zero-order valence-corrected chi connectivity index (χ0v) is 14.6. The average Bonchev–Trinajstić information content (AvgIpc) is 3.07. The number of carbonyl (C=O) groups excluding carboxylic acids is 1. The second-order valence-corrected chi connectivity index (χ2v) is 6.27. The first kappa shape index (κ1) is 17.3. The van der Waals surface area contributed by atoms with Gasteiger partial charge in [0.1, 0.15) is 5.75 Å². The van der Waals surface area contributed by atoms with Crippen molar-refractivity contribution >= 4 is 35.0 Å². The quantitative estimate of drug-likeness (QED) is 0.628. The predicted octanol–water partition coefficient (Wildman–Crippen LogP) is 4.03. The van der Waals surface area contributed by atoms with Crippen molar-refractivity contribution in [2.24, 2.45) is 0 Å². The first-order chi connectivity index (χ1) is 12.2. The Kier molecular flexibility index (Phi) is 5.92. The lowest BCUT2D eigenvalue weighted by Crippen LogP contribution is -2.13. The number of nitrogens with zero attached hydrogens (tertiary/aromatic N) is 2. The van der Waals surface area contributed by atoms with Gasteiger partial charge in [-0.3, -0.25) is 4.79 Å². The highest BCUT2D eigenvalue weighted by Crippen LogP contribution is 2.19. The maximum absolute atomic E-state index is 11.9. The Hall–Kier alpha value is -2.51. The SMILES string of the molecule is O=C(CSc1nnc(COc2ccccc2)o1)Nc1cccc(Cl)c1. The molecule has 1 aromatic heterocycles. The maximum atomic E-state index is 11.9. The van der Waals surface area contributed by atoms with Gasteiger partial charge in [0.2, 0.25) is 5.91 Å².